The van der Waals surface area contributed by atoms with Crippen LogP contribution in [-0.2, 0) is 13.1 Å². The lowest BCUT2D eigenvalue weighted by Crippen LogP contribution is -3.00. The fourth-order valence-electron chi connectivity index (χ4n) is 3.23. The Morgan fingerprint density at radius 2 is 2.04 bits per heavy atom. The average Bonchev–Trinajstić information content (AvgIpc) is 3.31. The highest BCUT2D eigenvalue weighted by Crippen LogP contribution is 2.45. The Bertz CT molecular complexity index is 1190. The van der Waals surface area contributed by atoms with Crippen LogP contribution in [0, 0.1) is 6.92 Å². The van der Waals surface area contributed by atoms with Gasteiger partial charge in [-0.2, -0.15) is 4.57 Å². The smallest absolute Gasteiger partial charge is 0.271 e. The van der Waals surface area contributed by atoms with Crippen molar-refractivity contribution >= 4 is 51.2 Å². The third kappa shape index (κ3) is 3.56. The molecule has 0 radical (unpaired) electrons. The van der Waals surface area contributed by atoms with Gasteiger partial charge in [0.15, 0.2) is 6.20 Å². The molecule has 1 aromatic carbocycles. The molecule has 1 aliphatic rings. The zero-order valence-corrected chi connectivity index (χ0v) is 19.4. The Hall–Kier alpha value is -1.54. The van der Waals surface area contributed by atoms with Crippen LogP contribution in [0.25, 0.3) is 11.1 Å². The average molecular weight is 452 g/mol. The molecular weight excluding hydrogens is 430 g/mol. The van der Waals surface area contributed by atoms with Crippen LogP contribution in [0.2, 0.25) is 0 Å². The zero-order chi connectivity index (χ0) is 19.1. The third-order valence-corrected chi connectivity index (χ3v) is 8.03. The summed E-state index contributed by atoms with van der Waals surface area (Å²) in [5.74, 6) is 0. The van der Waals surface area contributed by atoms with Crippen molar-refractivity contribution in [1.82, 2.24) is 4.57 Å². The molecule has 8 heteroatoms. The second-order valence-corrected chi connectivity index (χ2v) is 9.42. The van der Waals surface area contributed by atoms with E-state index in [1.54, 1.807) is 34.4 Å². The van der Waals surface area contributed by atoms with Gasteiger partial charge in [0.1, 0.15) is 20.8 Å². The standard InChI is InChI=1S/C20H22N3OS3.ClH/c1-5-22-9-10-25-16(22)12-17-23(6-2)19(24)18(27-17)20-21(4)14-8-7-13(3)11-15(14)26-20;/h7-12H,5-6H2,1-4H3;1H/q+1;/p-1/b20-18+;. The number of hydrogen-bond acceptors (Lipinski definition) is 5. The molecule has 2 aromatic heterocycles. The third-order valence-electron chi connectivity index (χ3n) is 4.71. The van der Waals surface area contributed by atoms with Crippen LogP contribution in [-0.4, -0.2) is 11.6 Å². The molecule has 0 bridgehead atoms. The van der Waals surface area contributed by atoms with Crippen molar-refractivity contribution < 1.29 is 17.0 Å². The summed E-state index contributed by atoms with van der Waals surface area (Å²) >= 11 is 4.99. The van der Waals surface area contributed by atoms with E-state index in [2.05, 4.69) is 59.2 Å². The first kappa shape index (κ1) is 21.2. The number of hydrogen-bond donors (Lipinski definition) is 0. The minimum absolute atomic E-state index is 0. The molecule has 0 spiro atoms. The number of aryl methyl sites for hydroxylation is 2. The Morgan fingerprint density at radius 1 is 1.25 bits per heavy atom. The fraction of sp³-hybridized carbons (Fsp3) is 0.300. The molecule has 0 saturated carbocycles. The van der Waals surface area contributed by atoms with Gasteiger partial charge in [-0.05, 0) is 38.5 Å². The van der Waals surface area contributed by atoms with E-state index in [1.165, 1.54) is 21.2 Å². The molecule has 4 nitrogen and oxygen atoms in total. The monoisotopic (exact) mass is 451 g/mol. The second kappa shape index (κ2) is 8.45. The first-order valence-corrected chi connectivity index (χ1v) is 11.5. The Balaban J connectivity index is 0.00000225. The van der Waals surface area contributed by atoms with Gasteiger partial charge < -0.3 is 17.3 Å². The first-order chi connectivity index (χ1) is 13.0. The summed E-state index contributed by atoms with van der Waals surface area (Å²) in [5, 5.41) is 4.29. The molecule has 28 heavy (non-hydrogen) atoms. The number of benzene rings is 1. The quantitative estimate of drug-likeness (QED) is 0.514. The highest BCUT2D eigenvalue weighted by atomic mass is 35.5. The predicted molar refractivity (Wildman–Crippen MR) is 116 cm³/mol. The summed E-state index contributed by atoms with van der Waals surface area (Å²) < 4.78 is 5.92. The van der Waals surface area contributed by atoms with E-state index in [-0.39, 0.29) is 18.0 Å². The van der Waals surface area contributed by atoms with E-state index in [1.807, 2.05) is 18.5 Å². The number of aromatic nitrogens is 2. The molecule has 1 aliphatic heterocycles. The molecule has 0 atom stereocenters. The maximum absolute atomic E-state index is 13.1. The first-order valence-electron chi connectivity index (χ1n) is 8.98. The number of anilines is 1. The topological polar surface area (TPSA) is 29.1 Å². The molecule has 0 amide bonds. The van der Waals surface area contributed by atoms with E-state index in [0.29, 0.717) is 6.54 Å². The lowest BCUT2D eigenvalue weighted by molar-refractivity contribution is -0.690. The van der Waals surface area contributed by atoms with E-state index >= 15 is 0 Å². The van der Waals surface area contributed by atoms with E-state index in [9.17, 15) is 4.79 Å². The summed E-state index contributed by atoms with van der Waals surface area (Å²) in [6.45, 7) is 7.87. The maximum atomic E-state index is 13.1. The van der Waals surface area contributed by atoms with Gasteiger partial charge in [0, 0.05) is 18.5 Å². The van der Waals surface area contributed by atoms with Crippen molar-refractivity contribution in [3.63, 3.8) is 0 Å². The summed E-state index contributed by atoms with van der Waals surface area (Å²) in [5.41, 5.74) is 2.51. The van der Waals surface area contributed by atoms with Gasteiger partial charge >= 0.3 is 0 Å². The van der Waals surface area contributed by atoms with Crippen LogP contribution in [0.15, 0.2) is 39.5 Å². The van der Waals surface area contributed by atoms with Gasteiger partial charge in [-0.3, -0.25) is 9.36 Å². The summed E-state index contributed by atoms with van der Waals surface area (Å²) in [4.78, 5) is 16.5. The second-order valence-electron chi connectivity index (χ2n) is 6.43. The molecular formula is C20H22ClN3OS3. The molecule has 148 valence electrons. The molecule has 0 unspecified atom stereocenters. The van der Waals surface area contributed by atoms with Crippen LogP contribution >= 0.6 is 34.4 Å². The molecule has 4 rings (SSSR count). The van der Waals surface area contributed by atoms with Gasteiger partial charge in [-0.25, -0.2) is 0 Å². The van der Waals surface area contributed by atoms with Crippen LogP contribution in [0.1, 0.15) is 24.4 Å². The normalized spacial score (nSPS) is 15.7. The van der Waals surface area contributed by atoms with Gasteiger partial charge in [-0.1, -0.05) is 29.2 Å². The van der Waals surface area contributed by atoms with Crippen LogP contribution in [0.3, 0.4) is 0 Å². The van der Waals surface area contributed by atoms with Crippen molar-refractivity contribution in [2.45, 2.75) is 38.8 Å². The van der Waals surface area contributed by atoms with Crippen LogP contribution in [0.5, 0.6) is 0 Å². The largest absolute Gasteiger partial charge is 1.00 e. The predicted octanol–water partition coefficient (Wildman–Crippen LogP) is -0.252. The molecule has 0 N–H and O–H groups in total. The van der Waals surface area contributed by atoms with Gasteiger partial charge in [-0.15, -0.1) is 11.3 Å². The maximum Gasteiger partial charge on any atom is 0.271 e. The van der Waals surface area contributed by atoms with Gasteiger partial charge in [0.05, 0.1) is 17.1 Å². The lowest BCUT2D eigenvalue weighted by Gasteiger charge is -2.12. The van der Waals surface area contributed by atoms with E-state index in [0.717, 1.165) is 20.8 Å². The highest BCUT2D eigenvalue weighted by Gasteiger charge is 2.24. The lowest BCUT2D eigenvalue weighted by atomic mass is 10.2. The highest BCUT2D eigenvalue weighted by molar-refractivity contribution is 8.08. The van der Waals surface area contributed by atoms with E-state index < -0.39 is 0 Å². The Morgan fingerprint density at radius 3 is 2.75 bits per heavy atom. The molecule has 0 saturated heterocycles. The van der Waals surface area contributed by atoms with Crippen LogP contribution in [0.4, 0.5) is 5.69 Å². The Labute approximate surface area is 182 Å². The van der Waals surface area contributed by atoms with Crippen molar-refractivity contribution in [2.24, 2.45) is 0 Å². The number of rotatable bonds is 3. The van der Waals surface area contributed by atoms with Gasteiger partial charge in [0.25, 0.3) is 10.6 Å². The fourth-order valence-corrected chi connectivity index (χ4v) is 6.71. The number of thioether (sulfide) groups is 1. The van der Waals surface area contributed by atoms with Gasteiger partial charge in [0.2, 0.25) is 0 Å². The van der Waals surface area contributed by atoms with E-state index in [4.69, 9.17) is 0 Å². The number of fused-ring (bicyclic) bond motifs is 1. The van der Waals surface area contributed by atoms with Crippen molar-refractivity contribution in [3.8, 4) is 0 Å². The number of thiazole rings is 2. The summed E-state index contributed by atoms with van der Waals surface area (Å²) in [6, 6.07) is 6.45. The zero-order valence-electron chi connectivity index (χ0n) is 16.2. The van der Waals surface area contributed by atoms with Crippen LogP contribution < -0.4 is 36.6 Å². The van der Waals surface area contributed by atoms with Crippen molar-refractivity contribution in [2.75, 3.05) is 11.9 Å². The van der Waals surface area contributed by atoms with Crippen molar-refractivity contribution in [1.29, 1.82) is 0 Å². The summed E-state index contributed by atoms with van der Waals surface area (Å²) in [7, 11) is 2.05. The molecule has 3 aromatic rings. The molecule has 0 aliphatic carbocycles. The SMILES string of the molecule is CCn1c(=O)/c(=C2\Sc3cc(C)ccc3N2C)s/c1=C\c1scc[n+]1CC.[Cl-]. The van der Waals surface area contributed by atoms with Crippen molar-refractivity contribution in [3.05, 3.63) is 59.9 Å². The minimum atomic E-state index is 0. The minimum Gasteiger partial charge on any atom is -1.00 e. The molecule has 0 fully saturated rings. The molecule has 3 heterocycles. The number of halogens is 1. The number of nitrogens with zero attached hydrogens (tertiary/aromatic N) is 3. The Kier molecular flexibility index (Phi) is 6.39. The summed E-state index contributed by atoms with van der Waals surface area (Å²) in [6.07, 6.45) is 4.23.